The molecular formula is C15H23FN2O2S. The van der Waals surface area contributed by atoms with Gasteiger partial charge in [0.1, 0.15) is 5.82 Å². The van der Waals surface area contributed by atoms with Crippen LogP contribution in [-0.2, 0) is 9.84 Å². The van der Waals surface area contributed by atoms with Gasteiger partial charge in [0.25, 0.3) is 0 Å². The zero-order valence-corrected chi connectivity index (χ0v) is 13.2. The average molecular weight is 314 g/mol. The quantitative estimate of drug-likeness (QED) is 0.919. The first kappa shape index (κ1) is 16.4. The van der Waals surface area contributed by atoms with Gasteiger partial charge in [-0.05, 0) is 25.5 Å². The smallest absolute Gasteiger partial charge is 0.151 e. The lowest BCUT2D eigenvalue weighted by atomic mass is 9.95. The third-order valence-corrected chi connectivity index (χ3v) is 5.80. The topological polar surface area (TPSA) is 63.4 Å². The number of hydrogen-bond donors (Lipinski definition) is 1. The van der Waals surface area contributed by atoms with Crippen molar-refractivity contribution >= 4 is 9.84 Å². The summed E-state index contributed by atoms with van der Waals surface area (Å²) < 4.78 is 37.6. The second-order valence-electron chi connectivity index (χ2n) is 5.58. The number of nitrogens with zero attached hydrogens (tertiary/aromatic N) is 1. The van der Waals surface area contributed by atoms with E-state index in [1.165, 1.54) is 6.07 Å². The zero-order valence-electron chi connectivity index (χ0n) is 12.3. The number of sulfone groups is 1. The van der Waals surface area contributed by atoms with Crippen LogP contribution in [0, 0.1) is 5.82 Å². The lowest BCUT2D eigenvalue weighted by molar-refractivity contribution is 0.178. The Morgan fingerprint density at radius 3 is 2.67 bits per heavy atom. The second kappa shape index (κ2) is 6.85. The molecule has 1 aliphatic rings. The summed E-state index contributed by atoms with van der Waals surface area (Å²) in [4.78, 5) is 2.02. The monoisotopic (exact) mass is 314 g/mol. The maximum Gasteiger partial charge on any atom is 0.151 e. The van der Waals surface area contributed by atoms with E-state index in [0.717, 1.165) is 0 Å². The fraction of sp³-hybridized carbons (Fsp3) is 0.600. The van der Waals surface area contributed by atoms with E-state index < -0.39 is 9.84 Å². The molecule has 2 atom stereocenters. The van der Waals surface area contributed by atoms with Crippen molar-refractivity contribution in [2.45, 2.75) is 31.8 Å². The van der Waals surface area contributed by atoms with E-state index in [1.54, 1.807) is 18.2 Å². The largest absolute Gasteiger partial charge is 0.326 e. The predicted octanol–water partition coefficient (Wildman–Crippen LogP) is 1.72. The lowest BCUT2D eigenvalue weighted by Gasteiger charge is -2.34. The predicted molar refractivity (Wildman–Crippen MR) is 82.3 cm³/mol. The molecule has 118 valence electrons. The molecule has 0 aliphatic carbocycles. The average Bonchev–Trinajstić information content (AvgIpc) is 2.62. The van der Waals surface area contributed by atoms with Crippen molar-refractivity contribution in [1.82, 2.24) is 4.90 Å². The molecule has 0 amide bonds. The second-order valence-corrected chi connectivity index (χ2v) is 7.88. The SMILES string of the molecule is CCC(N)C(c1ccccc1F)N1CCCS(=O)(=O)CC1. The number of nitrogens with two attached hydrogens (primary N) is 1. The molecule has 1 heterocycles. The van der Waals surface area contributed by atoms with Gasteiger partial charge >= 0.3 is 0 Å². The van der Waals surface area contributed by atoms with Crippen LogP contribution in [0.15, 0.2) is 24.3 Å². The van der Waals surface area contributed by atoms with Gasteiger partial charge in [0, 0.05) is 18.2 Å². The molecule has 1 aliphatic heterocycles. The van der Waals surface area contributed by atoms with Crippen LogP contribution in [0.2, 0.25) is 0 Å². The molecule has 0 radical (unpaired) electrons. The molecule has 1 fully saturated rings. The summed E-state index contributed by atoms with van der Waals surface area (Å²) in [6.07, 6.45) is 1.28. The Labute approximate surface area is 126 Å². The summed E-state index contributed by atoms with van der Waals surface area (Å²) in [6.45, 7) is 3.01. The van der Waals surface area contributed by atoms with Crippen molar-refractivity contribution in [3.63, 3.8) is 0 Å². The summed E-state index contributed by atoms with van der Waals surface area (Å²) >= 11 is 0. The van der Waals surface area contributed by atoms with Gasteiger partial charge in [-0.25, -0.2) is 12.8 Å². The van der Waals surface area contributed by atoms with Crippen molar-refractivity contribution in [2.24, 2.45) is 5.73 Å². The number of hydrogen-bond acceptors (Lipinski definition) is 4. The molecule has 0 aromatic heterocycles. The molecule has 2 rings (SSSR count). The molecule has 1 aromatic carbocycles. The van der Waals surface area contributed by atoms with Crippen LogP contribution < -0.4 is 5.73 Å². The molecule has 0 spiro atoms. The van der Waals surface area contributed by atoms with Gasteiger partial charge in [-0.1, -0.05) is 25.1 Å². The molecule has 1 saturated heterocycles. The van der Waals surface area contributed by atoms with Crippen molar-refractivity contribution in [1.29, 1.82) is 0 Å². The van der Waals surface area contributed by atoms with Gasteiger partial charge in [-0.2, -0.15) is 0 Å². The maximum atomic E-state index is 14.1. The molecule has 0 bridgehead atoms. The van der Waals surface area contributed by atoms with Gasteiger partial charge in [0.15, 0.2) is 9.84 Å². The van der Waals surface area contributed by atoms with Gasteiger partial charge in [0.2, 0.25) is 0 Å². The minimum atomic E-state index is -2.99. The normalized spacial score (nSPS) is 22.4. The molecule has 6 heteroatoms. The van der Waals surface area contributed by atoms with E-state index in [2.05, 4.69) is 0 Å². The first-order valence-corrected chi connectivity index (χ1v) is 9.21. The Hall–Kier alpha value is -0.980. The van der Waals surface area contributed by atoms with E-state index in [1.807, 2.05) is 11.8 Å². The molecular weight excluding hydrogens is 291 g/mol. The molecule has 2 unspecified atom stereocenters. The third-order valence-electron chi connectivity index (χ3n) is 4.08. The maximum absolute atomic E-state index is 14.1. The van der Waals surface area contributed by atoms with Crippen LogP contribution in [0.25, 0.3) is 0 Å². The third kappa shape index (κ3) is 4.02. The summed E-state index contributed by atoms with van der Waals surface area (Å²) in [5, 5.41) is 0. The Kier molecular flexibility index (Phi) is 5.35. The highest BCUT2D eigenvalue weighted by Gasteiger charge is 2.30. The summed E-state index contributed by atoms with van der Waals surface area (Å²) in [5.74, 6) is 0.0435. The highest BCUT2D eigenvalue weighted by molar-refractivity contribution is 7.91. The van der Waals surface area contributed by atoms with E-state index >= 15 is 0 Å². The summed E-state index contributed by atoms with van der Waals surface area (Å²) in [6, 6.07) is 6.13. The number of halogens is 1. The molecule has 1 aromatic rings. The Morgan fingerprint density at radius 1 is 1.29 bits per heavy atom. The van der Waals surface area contributed by atoms with E-state index in [-0.39, 0.29) is 29.4 Å². The van der Waals surface area contributed by atoms with Crippen LogP contribution in [0.4, 0.5) is 4.39 Å². The van der Waals surface area contributed by atoms with Crippen LogP contribution in [0.3, 0.4) is 0 Å². The van der Waals surface area contributed by atoms with Gasteiger partial charge in [-0.3, -0.25) is 4.90 Å². The van der Waals surface area contributed by atoms with Crippen LogP contribution in [0.1, 0.15) is 31.4 Å². The molecule has 0 saturated carbocycles. The Balaban J connectivity index is 2.31. The standard InChI is InChI=1S/C15H23FN2O2S/c1-2-14(17)15(12-6-3-4-7-13(12)16)18-8-5-10-21(19,20)11-9-18/h3-4,6-7,14-15H,2,5,8-11,17H2,1H3. The van der Waals surface area contributed by atoms with E-state index in [0.29, 0.717) is 31.5 Å². The van der Waals surface area contributed by atoms with E-state index in [4.69, 9.17) is 5.73 Å². The van der Waals surface area contributed by atoms with E-state index in [9.17, 15) is 12.8 Å². The molecule has 21 heavy (non-hydrogen) atoms. The van der Waals surface area contributed by atoms with Crippen LogP contribution >= 0.6 is 0 Å². The Bertz CT molecular complexity index is 577. The van der Waals surface area contributed by atoms with Crippen molar-refractivity contribution in [3.8, 4) is 0 Å². The fourth-order valence-corrected chi connectivity index (χ4v) is 4.16. The highest BCUT2D eigenvalue weighted by Crippen LogP contribution is 2.28. The lowest BCUT2D eigenvalue weighted by Crippen LogP contribution is -2.42. The first-order chi connectivity index (χ1) is 9.94. The van der Waals surface area contributed by atoms with Crippen LogP contribution in [0.5, 0.6) is 0 Å². The number of benzene rings is 1. The highest BCUT2D eigenvalue weighted by atomic mass is 32.2. The van der Waals surface area contributed by atoms with Crippen LogP contribution in [-0.4, -0.2) is 44.0 Å². The van der Waals surface area contributed by atoms with Crippen molar-refractivity contribution < 1.29 is 12.8 Å². The Morgan fingerprint density at radius 2 is 2.00 bits per heavy atom. The van der Waals surface area contributed by atoms with Crippen molar-refractivity contribution in [3.05, 3.63) is 35.6 Å². The van der Waals surface area contributed by atoms with Gasteiger partial charge in [-0.15, -0.1) is 0 Å². The molecule has 4 nitrogen and oxygen atoms in total. The summed E-state index contributed by atoms with van der Waals surface area (Å²) in [7, 11) is -2.99. The number of rotatable bonds is 4. The zero-order chi connectivity index (χ0) is 15.5. The first-order valence-electron chi connectivity index (χ1n) is 7.39. The molecule has 2 N–H and O–H groups in total. The summed E-state index contributed by atoms with van der Waals surface area (Å²) in [5.41, 5.74) is 6.77. The van der Waals surface area contributed by atoms with Gasteiger partial charge in [0.05, 0.1) is 17.5 Å². The minimum Gasteiger partial charge on any atom is -0.326 e. The fourth-order valence-electron chi connectivity index (χ4n) is 2.87. The minimum absolute atomic E-state index is 0.119. The van der Waals surface area contributed by atoms with Gasteiger partial charge < -0.3 is 5.73 Å². The van der Waals surface area contributed by atoms with Crippen molar-refractivity contribution in [2.75, 3.05) is 24.6 Å².